The van der Waals surface area contributed by atoms with E-state index in [1.807, 2.05) is 13.1 Å². The van der Waals surface area contributed by atoms with Crippen molar-refractivity contribution >= 4 is 11.6 Å². The van der Waals surface area contributed by atoms with Gasteiger partial charge in [0.05, 0.1) is 0 Å². The average molecular weight is 436 g/mol. The van der Waals surface area contributed by atoms with Crippen LogP contribution in [0.1, 0.15) is 77.5 Å². The van der Waals surface area contributed by atoms with Crippen LogP contribution in [0.2, 0.25) is 5.15 Å². The van der Waals surface area contributed by atoms with Crippen molar-refractivity contribution in [2.24, 2.45) is 12.5 Å². The molecule has 1 aliphatic heterocycles. The van der Waals surface area contributed by atoms with Crippen molar-refractivity contribution in [3.63, 3.8) is 0 Å². The highest BCUT2D eigenvalue weighted by molar-refractivity contribution is 6.30. The third-order valence-corrected chi connectivity index (χ3v) is 6.33. The van der Waals surface area contributed by atoms with Gasteiger partial charge >= 0.3 is 0 Å². The van der Waals surface area contributed by atoms with Crippen molar-refractivity contribution in [2.75, 3.05) is 19.6 Å². The fraction of sp³-hybridized carbons (Fsp3) is 0.739. The van der Waals surface area contributed by atoms with Gasteiger partial charge in [0.25, 0.3) is 0 Å². The van der Waals surface area contributed by atoms with Crippen molar-refractivity contribution in [3.8, 4) is 11.4 Å². The Bertz CT molecular complexity index is 820. The number of halogens is 1. The summed E-state index contributed by atoms with van der Waals surface area (Å²) >= 11 is 6.66. The van der Waals surface area contributed by atoms with Gasteiger partial charge in [-0.3, -0.25) is 9.58 Å². The predicted octanol–water partition coefficient (Wildman–Crippen LogP) is 5.23. The lowest BCUT2D eigenvalue weighted by Crippen LogP contribution is -2.40. The summed E-state index contributed by atoms with van der Waals surface area (Å²) in [6.07, 6.45) is 4.90. The zero-order valence-electron chi connectivity index (χ0n) is 19.5. The Hall–Kier alpha value is -1.37. The van der Waals surface area contributed by atoms with Crippen LogP contribution < -0.4 is 5.32 Å². The lowest BCUT2D eigenvalue weighted by molar-refractivity contribution is 0.246. The Labute approximate surface area is 186 Å². The first-order valence-electron chi connectivity index (χ1n) is 11.3. The van der Waals surface area contributed by atoms with Gasteiger partial charge in [0.2, 0.25) is 0 Å². The minimum absolute atomic E-state index is 0.291. The second kappa shape index (κ2) is 9.84. The molecular formula is C23H38ClN5O. The second-order valence-corrected chi connectivity index (χ2v) is 10.6. The Morgan fingerprint density at radius 3 is 2.73 bits per heavy atom. The van der Waals surface area contributed by atoms with Crippen molar-refractivity contribution in [3.05, 3.63) is 22.5 Å². The molecule has 1 aliphatic rings. The van der Waals surface area contributed by atoms with Crippen LogP contribution in [0.25, 0.3) is 11.4 Å². The molecule has 0 bridgehead atoms. The van der Waals surface area contributed by atoms with Crippen LogP contribution in [-0.4, -0.2) is 45.5 Å². The average Bonchev–Trinajstić information content (AvgIpc) is 3.16. The zero-order valence-corrected chi connectivity index (χ0v) is 20.2. The first-order valence-corrected chi connectivity index (χ1v) is 11.7. The number of hydrogen-bond donors (Lipinski definition) is 1. The molecule has 3 rings (SSSR count). The minimum atomic E-state index is 0.291. The normalized spacial score (nSPS) is 18.9. The molecule has 6 nitrogen and oxygen atoms in total. The number of hydrogen-bond acceptors (Lipinski definition) is 5. The third-order valence-electron chi connectivity index (χ3n) is 5.85. The Kier molecular flexibility index (Phi) is 7.64. The molecule has 3 heterocycles. The third kappa shape index (κ3) is 6.08. The predicted molar refractivity (Wildman–Crippen MR) is 123 cm³/mol. The summed E-state index contributed by atoms with van der Waals surface area (Å²) in [5, 5.41) is 13.4. The lowest BCUT2D eigenvalue weighted by Gasteiger charge is -2.26. The summed E-state index contributed by atoms with van der Waals surface area (Å²) in [5.41, 5.74) is 3.01. The minimum Gasteiger partial charge on any atom is -0.360 e. The van der Waals surface area contributed by atoms with Gasteiger partial charge in [-0.15, -0.1) is 0 Å². The quantitative estimate of drug-likeness (QED) is 0.645. The standard InChI is InChI=1S/C23H38ClN5O/c1-16(2)20-13-19(27-30-20)21-18(22(24)28(6)26-21)15-29-12-8-7-9-17(14-29)25-11-10-23(3,4)5/h13,16-17,25H,7-12,14-15H2,1-6H3. The smallest absolute Gasteiger partial charge is 0.139 e. The lowest BCUT2D eigenvalue weighted by atomic mass is 9.92. The van der Waals surface area contributed by atoms with Crippen LogP contribution in [0.15, 0.2) is 10.6 Å². The molecule has 2 aromatic heterocycles. The van der Waals surface area contributed by atoms with Gasteiger partial charge in [0, 0.05) is 43.7 Å². The summed E-state index contributed by atoms with van der Waals surface area (Å²) in [4.78, 5) is 2.51. The summed E-state index contributed by atoms with van der Waals surface area (Å²) < 4.78 is 7.26. The molecule has 0 amide bonds. The second-order valence-electron chi connectivity index (χ2n) is 10.2. The molecule has 0 spiro atoms. The highest BCUT2D eigenvalue weighted by Crippen LogP contribution is 2.31. The molecule has 0 aromatic carbocycles. The van der Waals surface area contributed by atoms with Crippen molar-refractivity contribution in [1.82, 2.24) is 25.2 Å². The summed E-state index contributed by atoms with van der Waals surface area (Å²) in [6, 6.07) is 2.51. The summed E-state index contributed by atoms with van der Waals surface area (Å²) in [7, 11) is 1.89. The molecule has 168 valence electrons. The first-order chi connectivity index (χ1) is 14.1. The SMILES string of the molecule is CC(C)c1cc(-c2nn(C)c(Cl)c2CN2CCCCC(NCCC(C)(C)C)C2)no1. The first kappa shape index (κ1) is 23.3. The molecule has 0 aliphatic carbocycles. The number of nitrogens with zero attached hydrogens (tertiary/aromatic N) is 4. The molecule has 0 saturated carbocycles. The molecule has 1 fully saturated rings. The van der Waals surface area contributed by atoms with Gasteiger partial charge in [-0.1, -0.05) is 57.8 Å². The molecule has 2 aromatic rings. The number of nitrogens with one attached hydrogen (secondary N) is 1. The van der Waals surface area contributed by atoms with E-state index in [9.17, 15) is 0 Å². The van der Waals surface area contributed by atoms with E-state index in [4.69, 9.17) is 16.1 Å². The van der Waals surface area contributed by atoms with Crippen molar-refractivity contribution in [1.29, 1.82) is 0 Å². The van der Waals surface area contributed by atoms with Crippen LogP contribution in [0.4, 0.5) is 0 Å². The maximum absolute atomic E-state index is 6.66. The van der Waals surface area contributed by atoms with Crippen LogP contribution in [0.5, 0.6) is 0 Å². The van der Waals surface area contributed by atoms with E-state index >= 15 is 0 Å². The van der Waals surface area contributed by atoms with Crippen LogP contribution in [0, 0.1) is 5.41 Å². The van der Waals surface area contributed by atoms with E-state index in [1.54, 1.807) is 4.68 Å². The summed E-state index contributed by atoms with van der Waals surface area (Å²) in [6.45, 7) is 15.1. The molecule has 30 heavy (non-hydrogen) atoms. The fourth-order valence-electron chi connectivity index (χ4n) is 3.97. The molecule has 7 heteroatoms. The number of likely N-dealkylation sites (tertiary alicyclic amines) is 1. The van der Waals surface area contributed by atoms with Crippen molar-refractivity contribution < 1.29 is 4.52 Å². The highest BCUT2D eigenvalue weighted by atomic mass is 35.5. The van der Waals surface area contributed by atoms with E-state index in [1.165, 1.54) is 25.7 Å². The fourth-order valence-corrected chi connectivity index (χ4v) is 4.16. The number of rotatable bonds is 7. The molecular weight excluding hydrogens is 398 g/mol. The van der Waals surface area contributed by atoms with Gasteiger partial charge in [0.1, 0.15) is 22.3 Å². The molecule has 0 radical (unpaired) electrons. The molecule has 1 unspecified atom stereocenters. The van der Waals surface area contributed by atoms with Gasteiger partial charge in [-0.05, 0) is 37.8 Å². The van der Waals surface area contributed by atoms with E-state index in [2.05, 4.69) is 55.1 Å². The van der Waals surface area contributed by atoms with Gasteiger partial charge in [0.15, 0.2) is 0 Å². The zero-order chi connectivity index (χ0) is 21.9. The van der Waals surface area contributed by atoms with E-state index in [0.717, 1.165) is 48.9 Å². The van der Waals surface area contributed by atoms with Gasteiger partial charge < -0.3 is 9.84 Å². The Morgan fingerprint density at radius 1 is 1.30 bits per heavy atom. The topological polar surface area (TPSA) is 59.1 Å². The maximum Gasteiger partial charge on any atom is 0.139 e. The molecule has 1 atom stereocenters. The summed E-state index contributed by atoms with van der Waals surface area (Å²) in [5.74, 6) is 1.16. The van der Waals surface area contributed by atoms with E-state index in [-0.39, 0.29) is 0 Å². The maximum atomic E-state index is 6.66. The van der Waals surface area contributed by atoms with Crippen molar-refractivity contribution in [2.45, 2.75) is 78.8 Å². The Balaban J connectivity index is 1.72. The van der Waals surface area contributed by atoms with E-state index < -0.39 is 0 Å². The van der Waals surface area contributed by atoms with Gasteiger partial charge in [-0.25, -0.2) is 0 Å². The van der Waals surface area contributed by atoms with E-state index in [0.29, 0.717) is 22.5 Å². The monoisotopic (exact) mass is 435 g/mol. The highest BCUT2D eigenvalue weighted by Gasteiger charge is 2.25. The molecule has 1 N–H and O–H groups in total. The van der Waals surface area contributed by atoms with Crippen LogP contribution >= 0.6 is 11.6 Å². The Morgan fingerprint density at radius 2 is 2.07 bits per heavy atom. The van der Waals surface area contributed by atoms with Crippen LogP contribution in [-0.2, 0) is 13.6 Å². The van der Waals surface area contributed by atoms with Crippen LogP contribution in [0.3, 0.4) is 0 Å². The number of aromatic nitrogens is 3. The largest absolute Gasteiger partial charge is 0.360 e. The van der Waals surface area contributed by atoms with Gasteiger partial charge in [-0.2, -0.15) is 5.10 Å². The molecule has 1 saturated heterocycles. The number of aryl methyl sites for hydroxylation is 1.